The number of carboxylic acid groups (broad SMARTS) is 1. The van der Waals surface area contributed by atoms with Gasteiger partial charge in [0.05, 0.1) is 23.6 Å². The van der Waals surface area contributed by atoms with Gasteiger partial charge in [-0.3, -0.25) is 9.69 Å². The third-order valence-corrected chi connectivity index (χ3v) is 5.14. The van der Waals surface area contributed by atoms with E-state index in [1.807, 2.05) is 24.8 Å². The molecule has 4 heterocycles. The first-order chi connectivity index (χ1) is 13.6. The van der Waals surface area contributed by atoms with E-state index in [9.17, 15) is 18.0 Å². The fraction of sp³-hybridized carbons (Fsp3) is 0.500. The molecule has 29 heavy (non-hydrogen) atoms. The molecule has 0 radical (unpaired) electrons. The van der Waals surface area contributed by atoms with E-state index in [2.05, 4.69) is 10.1 Å². The molecule has 0 bridgehead atoms. The Hall–Kier alpha value is -2.82. The maximum absolute atomic E-state index is 12.6. The number of aromatic nitrogens is 1. The number of hydrogen-bond acceptors (Lipinski definition) is 6. The van der Waals surface area contributed by atoms with Gasteiger partial charge < -0.3 is 18.9 Å². The lowest BCUT2D eigenvalue weighted by Crippen LogP contribution is -2.32. The molecule has 8 nitrogen and oxygen atoms in total. The summed E-state index contributed by atoms with van der Waals surface area (Å²) in [7, 11) is 0. The summed E-state index contributed by atoms with van der Waals surface area (Å²) >= 11 is 0. The summed E-state index contributed by atoms with van der Waals surface area (Å²) in [5.41, 5.74) is 2.97. The standard InChI is InChI=1S/C16H19N3O3.C2HF3O2/c1-10-14(11(2)22-17-10)7-18-5-12-6-19(13-3-4-21-9-13)16(20)15(12)8-18;3-2(4,5)1(6)7/h3-4,9,12,15H,5-8H2,1-2H3;(H,6,7)/t12-,15-;/m0./s1. The summed E-state index contributed by atoms with van der Waals surface area (Å²) in [6, 6.07) is 1.85. The number of aliphatic carboxylic acids is 1. The highest BCUT2D eigenvalue weighted by Gasteiger charge is 2.46. The SMILES string of the molecule is Cc1noc(C)c1CN1C[C@H]2CN(c3ccoc3)C(=O)[C@H]2C1.O=C(O)C(F)(F)F. The van der Waals surface area contributed by atoms with Crippen molar-refractivity contribution >= 4 is 17.6 Å². The molecule has 2 saturated heterocycles. The molecule has 4 rings (SSSR count). The number of anilines is 1. The first kappa shape index (κ1) is 20.9. The molecule has 0 saturated carbocycles. The largest absolute Gasteiger partial charge is 0.490 e. The molecule has 1 amide bonds. The minimum absolute atomic E-state index is 0.0929. The van der Waals surface area contributed by atoms with E-state index >= 15 is 0 Å². The van der Waals surface area contributed by atoms with E-state index in [-0.39, 0.29) is 11.8 Å². The second-order valence-corrected chi connectivity index (χ2v) is 7.10. The predicted octanol–water partition coefficient (Wildman–Crippen LogP) is 2.61. The van der Waals surface area contributed by atoms with Crippen molar-refractivity contribution in [2.45, 2.75) is 26.6 Å². The van der Waals surface area contributed by atoms with Gasteiger partial charge in [-0.05, 0) is 13.8 Å². The molecular weight excluding hydrogens is 395 g/mol. The van der Waals surface area contributed by atoms with Crippen LogP contribution in [0.25, 0.3) is 0 Å². The number of hydrogen-bond donors (Lipinski definition) is 1. The fourth-order valence-electron chi connectivity index (χ4n) is 3.67. The Morgan fingerprint density at radius 3 is 2.48 bits per heavy atom. The highest BCUT2D eigenvalue weighted by Crippen LogP contribution is 2.36. The molecule has 0 unspecified atom stereocenters. The number of carboxylic acids is 1. The minimum Gasteiger partial charge on any atom is -0.475 e. The van der Waals surface area contributed by atoms with Crippen molar-refractivity contribution in [3.8, 4) is 0 Å². The maximum Gasteiger partial charge on any atom is 0.490 e. The maximum atomic E-state index is 12.6. The average Bonchev–Trinajstić information content (AvgIpc) is 3.39. The fourth-order valence-corrected chi connectivity index (χ4v) is 3.67. The number of carbonyl (C=O) groups is 2. The number of likely N-dealkylation sites (tertiary alicyclic amines) is 1. The van der Waals surface area contributed by atoms with Crippen LogP contribution >= 0.6 is 0 Å². The van der Waals surface area contributed by atoms with Crippen LogP contribution in [0, 0.1) is 25.7 Å². The summed E-state index contributed by atoms with van der Waals surface area (Å²) in [5, 5.41) is 11.1. The van der Waals surface area contributed by atoms with Crippen molar-refractivity contribution in [1.29, 1.82) is 0 Å². The number of halogens is 3. The van der Waals surface area contributed by atoms with Gasteiger partial charge in [-0.25, -0.2) is 4.79 Å². The summed E-state index contributed by atoms with van der Waals surface area (Å²) in [4.78, 5) is 25.7. The normalized spacial score (nSPS) is 21.8. The van der Waals surface area contributed by atoms with Gasteiger partial charge in [0, 0.05) is 43.7 Å². The van der Waals surface area contributed by atoms with Crippen molar-refractivity contribution in [2.75, 3.05) is 24.5 Å². The molecule has 2 fully saturated rings. The number of rotatable bonds is 3. The van der Waals surface area contributed by atoms with Gasteiger partial charge in [0.1, 0.15) is 12.0 Å². The van der Waals surface area contributed by atoms with Gasteiger partial charge in [-0.2, -0.15) is 13.2 Å². The van der Waals surface area contributed by atoms with Gasteiger partial charge in [0.2, 0.25) is 5.91 Å². The van der Waals surface area contributed by atoms with E-state index in [0.717, 1.165) is 48.9 Å². The second-order valence-electron chi connectivity index (χ2n) is 7.10. The molecule has 0 aromatic carbocycles. The summed E-state index contributed by atoms with van der Waals surface area (Å²) < 4.78 is 42.1. The van der Waals surface area contributed by atoms with Crippen molar-refractivity contribution < 1.29 is 36.8 Å². The molecule has 11 heteroatoms. The van der Waals surface area contributed by atoms with E-state index < -0.39 is 12.1 Å². The topological polar surface area (TPSA) is 100 Å². The zero-order chi connectivity index (χ0) is 21.3. The molecule has 158 valence electrons. The molecule has 0 spiro atoms. The lowest BCUT2D eigenvalue weighted by Gasteiger charge is -2.20. The highest BCUT2D eigenvalue weighted by atomic mass is 19.4. The number of amides is 1. The van der Waals surface area contributed by atoms with Crippen LogP contribution in [0.2, 0.25) is 0 Å². The van der Waals surface area contributed by atoms with Crippen LogP contribution in [0.4, 0.5) is 18.9 Å². The molecule has 2 atom stereocenters. The number of alkyl halides is 3. The Bertz CT molecular complexity index is 858. The number of aryl methyl sites for hydroxylation is 2. The molecular formula is C18H20F3N3O5. The first-order valence-electron chi connectivity index (χ1n) is 8.85. The summed E-state index contributed by atoms with van der Waals surface area (Å²) in [6.07, 6.45) is -1.83. The Balaban J connectivity index is 0.000000298. The van der Waals surface area contributed by atoms with E-state index in [1.165, 1.54) is 0 Å². The third kappa shape index (κ3) is 4.44. The van der Waals surface area contributed by atoms with Crippen LogP contribution in [0.1, 0.15) is 17.0 Å². The predicted molar refractivity (Wildman–Crippen MR) is 93.0 cm³/mol. The monoisotopic (exact) mass is 415 g/mol. The van der Waals surface area contributed by atoms with Crippen molar-refractivity contribution in [1.82, 2.24) is 10.1 Å². The van der Waals surface area contributed by atoms with Crippen LogP contribution in [0.5, 0.6) is 0 Å². The minimum atomic E-state index is -5.08. The van der Waals surface area contributed by atoms with Crippen LogP contribution in [0.15, 0.2) is 27.5 Å². The van der Waals surface area contributed by atoms with Gasteiger partial charge >= 0.3 is 12.1 Å². The van der Waals surface area contributed by atoms with Crippen molar-refractivity contribution in [3.05, 3.63) is 35.6 Å². The van der Waals surface area contributed by atoms with E-state index in [1.54, 1.807) is 12.5 Å². The molecule has 2 aliphatic heterocycles. The zero-order valence-corrected chi connectivity index (χ0v) is 15.8. The van der Waals surface area contributed by atoms with Gasteiger partial charge in [0.25, 0.3) is 0 Å². The van der Waals surface area contributed by atoms with Crippen LogP contribution in [-0.4, -0.2) is 52.9 Å². The Morgan fingerprint density at radius 1 is 1.31 bits per heavy atom. The summed E-state index contributed by atoms with van der Waals surface area (Å²) in [5.74, 6) is -1.18. The third-order valence-electron chi connectivity index (χ3n) is 5.14. The first-order valence-corrected chi connectivity index (χ1v) is 8.85. The quantitative estimate of drug-likeness (QED) is 0.823. The van der Waals surface area contributed by atoms with Gasteiger partial charge in [-0.1, -0.05) is 5.16 Å². The van der Waals surface area contributed by atoms with Gasteiger partial charge in [-0.15, -0.1) is 0 Å². The van der Waals surface area contributed by atoms with Crippen LogP contribution in [0.3, 0.4) is 0 Å². The molecule has 2 aromatic rings. The van der Waals surface area contributed by atoms with Gasteiger partial charge in [0.15, 0.2) is 0 Å². The highest BCUT2D eigenvalue weighted by molar-refractivity contribution is 5.97. The Labute approximate surface area is 163 Å². The lowest BCUT2D eigenvalue weighted by atomic mass is 10.0. The van der Waals surface area contributed by atoms with Crippen LogP contribution in [-0.2, 0) is 16.1 Å². The van der Waals surface area contributed by atoms with Crippen molar-refractivity contribution in [2.24, 2.45) is 11.8 Å². The molecule has 2 aromatic heterocycles. The number of fused-ring (bicyclic) bond motifs is 1. The Kier molecular flexibility index (Phi) is 5.69. The summed E-state index contributed by atoms with van der Waals surface area (Å²) in [6.45, 7) is 7.25. The number of nitrogens with zero attached hydrogens (tertiary/aromatic N) is 3. The number of furan rings is 1. The molecule has 1 N–H and O–H groups in total. The van der Waals surface area contributed by atoms with E-state index in [0.29, 0.717) is 5.92 Å². The number of carbonyl (C=O) groups excluding carboxylic acids is 1. The smallest absolute Gasteiger partial charge is 0.475 e. The average molecular weight is 415 g/mol. The zero-order valence-electron chi connectivity index (χ0n) is 15.8. The molecule has 0 aliphatic carbocycles. The van der Waals surface area contributed by atoms with E-state index in [4.69, 9.17) is 18.8 Å². The van der Waals surface area contributed by atoms with Crippen molar-refractivity contribution in [3.63, 3.8) is 0 Å². The second kappa shape index (κ2) is 7.90. The Morgan fingerprint density at radius 2 is 2.00 bits per heavy atom. The lowest BCUT2D eigenvalue weighted by molar-refractivity contribution is -0.192. The molecule has 2 aliphatic rings. The van der Waals surface area contributed by atoms with Crippen LogP contribution < -0.4 is 4.90 Å².